The van der Waals surface area contributed by atoms with Crippen LogP contribution in [0.5, 0.6) is 0 Å². The van der Waals surface area contributed by atoms with E-state index in [0.717, 1.165) is 0 Å². The van der Waals surface area contributed by atoms with E-state index in [2.05, 4.69) is 0 Å². The van der Waals surface area contributed by atoms with Crippen LogP contribution in [0.25, 0.3) is 0 Å². The molecule has 0 unspecified atom stereocenters. The van der Waals surface area contributed by atoms with Gasteiger partial charge in [-0.3, -0.25) is 0 Å². The minimum atomic E-state index is 0. The molecule has 0 saturated carbocycles. The first-order chi connectivity index (χ1) is 0. The van der Waals surface area contributed by atoms with E-state index in [1.165, 1.54) is 0 Å². The fraction of sp³-hybridized carbons (Fsp3) is 0. The third-order valence-electron chi connectivity index (χ3n) is 0. The second kappa shape index (κ2) is 55.2. The molecule has 5 heavy (non-hydrogen) atoms. The number of hydrogen-bond donors (Lipinski definition) is 0. The summed E-state index contributed by atoms with van der Waals surface area (Å²) < 4.78 is 0. The van der Waals surface area contributed by atoms with Crippen LogP contribution in [0, 0.1) is 0 Å². The molecule has 0 atom stereocenters. The van der Waals surface area contributed by atoms with Gasteiger partial charge in [0.2, 0.25) is 0 Å². The Morgan fingerprint density at radius 3 is 0.600 bits per heavy atom. The van der Waals surface area contributed by atoms with E-state index in [1.807, 2.05) is 0 Å². The molecule has 0 heterocycles. The molecule has 0 aliphatic heterocycles. The van der Waals surface area contributed by atoms with Crippen LogP contribution in [-0.2, 0) is 0 Å². The van der Waals surface area contributed by atoms with Gasteiger partial charge in [-0.05, 0) is 0 Å². The second-order valence-corrected chi connectivity index (χ2v) is 0. The Morgan fingerprint density at radius 1 is 0.600 bits per heavy atom. The third-order valence-corrected chi connectivity index (χ3v) is 0. The van der Waals surface area contributed by atoms with Crippen LogP contribution in [0.2, 0.25) is 0 Å². The Hall–Kier alpha value is 1.36. The van der Waals surface area contributed by atoms with E-state index in [1.54, 1.807) is 0 Å². The molecule has 0 bridgehead atoms. The maximum atomic E-state index is 0. The SMILES string of the molecule is O.O.O.[Ca].[Si]. The summed E-state index contributed by atoms with van der Waals surface area (Å²) in [5, 5.41) is 0. The largest absolute Gasteiger partial charge is 0.412 e. The van der Waals surface area contributed by atoms with Gasteiger partial charge in [0.05, 0.1) is 0 Å². The summed E-state index contributed by atoms with van der Waals surface area (Å²) >= 11 is 0. The summed E-state index contributed by atoms with van der Waals surface area (Å²) in [5.74, 6) is 0. The van der Waals surface area contributed by atoms with E-state index in [9.17, 15) is 0 Å². The summed E-state index contributed by atoms with van der Waals surface area (Å²) in [5.41, 5.74) is 0. The topological polar surface area (TPSA) is 94.5 Å². The Labute approximate surface area is 64.7 Å². The van der Waals surface area contributed by atoms with E-state index < -0.39 is 0 Å². The first-order valence-corrected chi connectivity index (χ1v) is 0. The molecule has 0 aromatic rings. The molecule has 3 nitrogen and oxygen atoms in total. The zero-order valence-electron chi connectivity index (χ0n) is 2.71. The Kier molecular flexibility index (Phi) is 1090. The van der Waals surface area contributed by atoms with Crippen molar-refractivity contribution in [3.05, 3.63) is 0 Å². The van der Waals surface area contributed by atoms with Crippen molar-refractivity contribution < 1.29 is 16.4 Å². The van der Waals surface area contributed by atoms with Crippen molar-refractivity contribution in [3.8, 4) is 0 Å². The van der Waals surface area contributed by atoms with Gasteiger partial charge >= 0.3 is 0 Å². The molecule has 0 aliphatic rings. The Bertz CT molecular complexity index is 6.85. The average molecular weight is 122 g/mol. The summed E-state index contributed by atoms with van der Waals surface area (Å²) in [6.45, 7) is 0. The zero-order valence-corrected chi connectivity index (χ0v) is 5.92. The van der Waals surface area contributed by atoms with Gasteiger partial charge in [-0.1, -0.05) is 0 Å². The van der Waals surface area contributed by atoms with Gasteiger partial charge in [0.1, 0.15) is 0 Å². The van der Waals surface area contributed by atoms with Gasteiger partial charge in [0, 0.05) is 48.7 Å². The molecule has 0 spiro atoms. The third kappa shape index (κ3) is 32.8. The van der Waals surface area contributed by atoms with Crippen LogP contribution >= 0.6 is 0 Å². The van der Waals surface area contributed by atoms with Crippen LogP contribution in [0.3, 0.4) is 0 Å². The normalized spacial score (nSPS) is 0. The smallest absolute Gasteiger partial charge is 0 e. The van der Waals surface area contributed by atoms with E-state index in [0.29, 0.717) is 0 Å². The maximum Gasteiger partial charge on any atom is 0 e. The van der Waals surface area contributed by atoms with Gasteiger partial charge in [0.25, 0.3) is 0 Å². The Morgan fingerprint density at radius 2 is 0.600 bits per heavy atom. The van der Waals surface area contributed by atoms with E-state index >= 15 is 0 Å². The summed E-state index contributed by atoms with van der Waals surface area (Å²) in [6, 6.07) is 0. The predicted molar refractivity (Wildman–Crippen MR) is 22.3 cm³/mol. The molecule has 0 aromatic carbocycles. The molecule has 0 aromatic heterocycles. The molecular weight excluding hydrogens is 116 g/mol. The molecule has 0 rings (SSSR count). The maximum absolute atomic E-state index is 0. The molecule has 6 N–H and O–H groups in total. The van der Waals surface area contributed by atoms with Crippen molar-refractivity contribution in [3.63, 3.8) is 0 Å². The minimum absolute atomic E-state index is 0. The van der Waals surface area contributed by atoms with Gasteiger partial charge in [-0.25, -0.2) is 0 Å². The van der Waals surface area contributed by atoms with Crippen LogP contribution in [0.15, 0.2) is 0 Å². The molecule has 0 fully saturated rings. The van der Waals surface area contributed by atoms with Crippen molar-refractivity contribution in [2.45, 2.75) is 0 Å². The molecular formula is H6CaO3Si. The van der Waals surface area contributed by atoms with E-state index in [4.69, 9.17) is 0 Å². The molecule has 0 amide bonds. The van der Waals surface area contributed by atoms with Crippen molar-refractivity contribution in [1.29, 1.82) is 0 Å². The van der Waals surface area contributed by atoms with Gasteiger partial charge in [-0.15, -0.1) is 0 Å². The summed E-state index contributed by atoms with van der Waals surface area (Å²) in [6.07, 6.45) is 0. The predicted octanol–water partition coefficient (Wildman–Crippen LogP) is -3.24. The van der Waals surface area contributed by atoms with Crippen molar-refractivity contribution in [2.75, 3.05) is 0 Å². The van der Waals surface area contributed by atoms with Crippen LogP contribution < -0.4 is 0 Å². The standard InChI is InChI=1S/Ca.3H2O.Si/h;3*1H2;. The number of hydrogen-bond acceptors (Lipinski definition) is 0. The van der Waals surface area contributed by atoms with Crippen molar-refractivity contribution in [1.82, 2.24) is 0 Å². The van der Waals surface area contributed by atoms with Crippen LogP contribution in [0.4, 0.5) is 0 Å². The van der Waals surface area contributed by atoms with Crippen molar-refractivity contribution in [2.24, 2.45) is 0 Å². The van der Waals surface area contributed by atoms with Crippen LogP contribution in [-0.4, -0.2) is 65.1 Å². The van der Waals surface area contributed by atoms with Gasteiger partial charge in [-0.2, -0.15) is 0 Å². The zero-order chi connectivity index (χ0) is 0. The minimum Gasteiger partial charge on any atom is -0.412 e. The second-order valence-electron chi connectivity index (χ2n) is 0. The summed E-state index contributed by atoms with van der Waals surface area (Å²) in [4.78, 5) is 0. The van der Waals surface area contributed by atoms with Crippen LogP contribution in [0.1, 0.15) is 0 Å². The fourth-order valence-corrected chi connectivity index (χ4v) is 0. The van der Waals surface area contributed by atoms with E-state index in [-0.39, 0.29) is 65.1 Å². The molecule has 30 valence electrons. The monoisotopic (exact) mass is 122 g/mol. The first kappa shape index (κ1) is 99.1. The Balaban J connectivity index is 0. The van der Waals surface area contributed by atoms with Gasteiger partial charge in [0.15, 0.2) is 0 Å². The summed E-state index contributed by atoms with van der Waals surface area (Å²) in [7, 11) is 0. The van der Waals surface area contributed by atoms with Gasteiger partial charge < -0.3 is 16.4 Å². The quantitative estimate of drug-likeness (QED) is 0.302. The fourth-order valence-electron chi connectivity index (χ4n) is 0. The first-order valence-electron chi connectivity index (χ1n) is 0. The molecule has 0 aliphatic carbocycles. The average Bonchev–Trinajstić information content (AvgIpc) is 0. The van der Waals surface area contributed by atoms with Crippen molar-refractivity contribution >= 4 is 48.7 Å². The molecule has 5 heteroatoms. The number of rotatable bonds is 0. The molecule has 6 radical (unpaired) electrons. The molecule has 0 saturated heterocycles.